The summed E-state index contributed by atoms with van der Waals surface area (Å²) in [5, 5.41) is 9.06. The maximum Gasteiger partial charge on any atom is 0.338 e. The second-order valence-electron chi connectivity index (χ2n) is 4.63. The lowest BCUT2D eigenvalue weighted by molar-refractivity contribution is 0.0618. The van der Waals surface area contributed by atoms with Gasteiger partial charge in [-0.2, -0.15) is 0 Å². The van der Waals surface area contributed by atoms with Gasteiger partial charge in [-0.1, -0.05) is 0 Å². The highest BCUT2D eigenvalue weighted by atomic mass is 16.4. The van der Waals surface area contributed by atoms with E-state index in [0.29, 0.717) is 0 Å². The van der Waals surface area contributed by atoms with Crippen molar-refractivity contribution in [3.8, 4) is 0 Å². The number of carboxylic acids is 1. The largest absolute Gasteiger partial charge is 0.478 e. The van der Waals surface area contributed by atoms with Crippen LogP contribution in [0.25, 0.3) is 0 Å². The highest BCUT2D eigenvalue weighted by Crippen LogP contribution is 2.15. The van der Waals surface area contributed by atoms with Crippen LogP contribution >= 0.6 is 0 Å². The Labute approximate surface area is 106 Å². The fourth-order valence-electron chi connectivity index (χ4n) is 1.96. The Kier molecular flexibility index (Phi) is 4.42. The van der Waals surface area contributed by atoms with E-state index in [0.717, 1.165) is 0 Å². The zero-order valence-corrected chi connectivity index (χ0v) is 11.0. The van der Waals surface area contributed by atoms with E-state index in [2.05, 4.69) is 4.98 Å². The molecule has 0 spiro atoms. The van der Waals surface area contributed by atoms with Gasteiger partial charge in [0.15, 0.2) is 0 Å². The normalized spacial score (nSPS) is 10.8. The average Bonchev–Trinajstić information content (AvgIpc) is 2.27. The van der Waals surface area contributed by atoms with Crippen molar-refractivity contribution in [2.75, 3.05) is 0 Å². The van der Waals surface area contributed by atoms with Crippen molar-refractivity contribution in [3.05, 3.63) is 29.6 Å². The van der Waals surface area contributed by atoms with Crippen LogP contribution in [-0.4, -0.2) is 39.0 Å². The Morgan fingerprint density at radius 2 is 1.72 bits per heavy atom. The van der Waals surface area contributed by atoms with E-state index in [1.165, 1.54) is 18.5 Å². The van der Waals surface area contributed by atoms with Crippen LogP contribution in [-0.2, 0) is 0 Å². The predicted octanol–water partition coefficient (Wildman–Crippen LogP) is 2.04. The van der Waals surface area contributed by atoms with Crippen LogP contribution in [0.3, 0.4) is 0 Å². The molecule has 0 bridgehead atoms. The van der Waals surface area contributed by atoms with E-state index in [4.69, 9.17) is 5.11 Å². The molecule has 1 rings (SSSR count). The second kappa shape index (κ2) is 5.62. The number of carbonyl (C=O) groups is 2. The Bertz CT molecular complexity index is 447. The number of aromatic nitrogens is 1. The summed E-state index contributed by atoms with van der Waals surface area (Å²) in [6, 6.07) is 1.46. The van der Waals surface area contributed by atoms with E-state index in [-0.39, 0.29) is 29.1 Å². The smallest absolute Gasteiger partial charge is 0.338 e. The molecule has 18 heavy (non-hydrogen) atoms. The molecule has 1 amide bonds. The molecule has 1 N–H and O–H groups in total. The predicted molar refractivity (Wildman–Crippen MR) is 67.6 cm³/mol. The molecule has 0 atom stereocenters. The third-order valence-electron chi connectivity index (χ3n) is 2.63. The topological polar surface area (TPSA) is 70.5 Å². The number of rotatable bonds is 4. The number of hydrogen-bond donors (Lipinski definition) is 1. The van der Waals surface area contributed by atoms with Crippen LogP contribution in [0.1, 0.15) is 48.4 Å². The van der Waals surface area contributed by atoms with E-state index >= 15 is 0 Å². The van der Waals surface area contributed by atoms with E-state index in [9.17, 15) is 9.59 Å². The summed E-state index contributed by atoms with van der Waals surface area (Å²) in [5.41, 5.74) is 0.119. The van der Waals surface area contributed by atoms with Crippen molar-refractivity contribution < 1.29 is 14.7 Å². The summed E-state index contributed by atoms with van der Waals surface area (Å²) in [6.07, 6.45) is 2.63. The van der Waals surface area contributed by atoms with E-state index in [1.807, 2.05) is 27.7 Å². The van der Waals surface area contributed by atoms with Crippen LogP contribution in [0, 0.1) is 0 Å². The summed E-state index contributed by atoms with van der Waals surface area (Å²) < 4.78 is 0. The van der Waals surface area contributed by atoms with Gasteiger partial charge in [-0.3, -0.25) is 9.78 Å². The molecule has 0 aromatic carbocycles. The average molecular weight is 250 g/mol. The lowest BCUT2D eigenvalue weighted by Gasteiger charge is -2.31. The third-order valence-corrected chi connectivity index (χ3v) is 2.63. The Morgan fingerprint density at radius 3 is 2.17 bits per heavy atom. The number of hydrogen-bond acceptors (Lipinski definition) is 3. The molecule has 1 aromatic heterocycles. The van der Waals surface area contributed by atoms with Crippen molar-refractivity contribution in [1.29, 1.82) is 0 Å². The highest BCUT2D eigenvalue weighted by Gasteiger charge is 2.25. The molecule has 5 heteroatoms. The van der Waals surface area contributed by atoms with Crippen molar-refractivity contribution in [2.45, 2.75) is 39.8 Å². The van der Waals surface area contributed by atoms with Gasteiger partial charge in [0.1, 0.15) is 0 Å². The van der Waals surface area contributed by atoms with Gasteiger partial charge in [-0.15, -0.1) is 0 Å². The highest BCUT2D eigenvalue weighted by molar-refractivity contribution is 6.04. The van der Waals surface area contributed by atoms with Crippen LogP contribution in [0.2, 0.25) is 0 Å². The van der Waals surface area contributed by atoms with Crippen LogP contribution in [0.15, 0.2) is 18.5 Å². The zero-order chi connectivity index (χ0) is 13.9. The zero-order valence-electron chi connectivity index (χ0n) is 11.0. The Hall–Kier alpha value is -1.91. The molecule has 5 nitrogen and oxygen atoms in total. The molecule has 0 unspecified atom stereocenters. The first-order chi connectivity index (χ1) is 8.36. The number of aromatic carboxylic acids is 1. The molecular formula is C13H18N2O3. The number of nitrogens with zero attached hydrogens (tertiary/aromatic N) is 2. The minimum absolute atomic E-state index is 0.00677. The fourth-order valence-corrected chi connectivity index (χ4v) is 1.96. The molecule has 1 heterocycles. The Morgan fingerprint density at radius 1 is 1.17 bits per heavy atom. The van der Waals surface area contributed by atoms with Gasteiger partial charge in [0.25, 0.3) is 5.91 Å². The quantitative estimate of drug-likeness (QED) is 0.887. The molecule has 0 aliphatic heterocycles. The van der Waals surface area contributed by atoms with Gasteiger partial charge in [-0.25, -0.2) is 4.79 Å². The summed E-state index contributed by atoms with van der Waals surface area (Å²) in [5.74, 6) is -1.42. The van der Waals surface area contributed by atoms with Crippen LogP contribution in [0.5, 0.6) is 0 Å². The lowest BCUT2D eigenvalue weighted by Crippen LogP contribution is -2.42. The summed E-state index contributed by atoms with van der Waals surface area (Å²) >= 11 is 0. The number of carboxylic acid groups (broad SMARTS) is 1. The third kappa shape index (κ3) is 2.85. The lowest BCUT2D eigenvalue weighted by atomic mass is 10.1. The molecule has 0 fully saturated rings. The maximum atomic E-state index is 12.4. The van der Waals surface area contributed by atoms with Gasteiger partial charge in [0.2, 0.25) is 0 Å². The van der Waals surface area contributed by atoms with Crippen molar-refractivity contribution >= 4 is 11.9 Å². The molecule has 0 saturated carbocycles. The molecule has 0 saturated heterocycles. The number of pyridine rings is 1. The van der Waals surface area contributed by atoms with Gasteiger partial charge in [0, 0.05) is 24.5 Å². The SMILES string of the molecule is CC(C)N(C(=O)c1ccncc1C(=O)O)C(C)C. The minimum atomic E-state index is -1.14. The first-order valence-corrected chi connectivity index (χ1v) is 5.86. The Balaban J connectivity index is 3.21. The standard InChI is InChI=1S/C13H18N2O3/c1-8(2)15(9(3)4)12(16)10-5-6-14-7-11(10)13(17)18/h5-9H,1-4H3,(H,17,18). The minimum Gasteiger partial charge on any atom is -0.478 e. The summed E-state index contributed by atoms with van der Waals surface area (Å²) in [4.78, 5) is 28.9. The first kappa shape index (κ1) is 14.2. The van der Waals surface area contributed by atoms with E-state index in [1.54, 1.807) is 4.90 Å². The van der Waals surface area contributed by atoms with Crippen LogP contribution in [0.4, 0.5) is 0 Å². The van der Waals surface area contributed by atoms with E-state index < -0.39 is 5.97 Å². The number of carbonyl (C=O) groups excluding carboxylic acids is 1. The molecular weight excluding hydrogens is 232 g/mol. The summed E-state index contributed by atoms with van der Waals surface area (Å²) in [6.45, 7) is 7.61. The molecule has 98 valence electrons. The van der Waals surface area contributed by atoms with Gasteiger partial charge in [-0.05, 0) is 33.8 Å². The van der Waals surface area contributed by atoms with Crippen molar-refractivity contribution in [1.82, 2.24) is 9.88 Å². The van der Waals surface area contributed by atoms with Crippen molar-refractivity contribution in [3.63, 3.8) is 0 Å². The second-order valence-corrected chi connectivity index (χ2v) is 4.63. The summed E-state index contributed by atoms with van der Waals surface area (Å²) in [7, 11) is 0. The van der Waals surface area contributed by atoms with Crippen LogP contribution < -0.4 is 0 Å². The van der Waals surface area contributed by atoms with Gasteiger partial charge in [0.05, 0.1) is 11.1 Å². The maximum absolute atomic E-state index is 12.4. The monoisotopic (exact) mass is 250 g/mol. The van der Waals surface area contributed by atoms with Crippen molar-refractivity contribution in [2.24, 2.45) is 0 Å². The fraction of sp³-hybridized carbons (Fsp3) is 0.462. The van der Waals surface area contributed by atoms with Gasteiger partial charge < -0.3 is 10.0 Å². The molecule has 1 aromatic rings. The molecule has 0 aliphatic rings. The van der Waals surface area contributed by atoms with Gasteiger partial charge >= 0.3 is 5.97 Å². The molecule has 0 radical (unpaired) electrons. The number of amides is 1. The first-order valence-electron chi connectivity index (χ1n) is 5.86. The molecule has 0 aliphatic carbocycles.